The summed E-state index contributed by atoms with van der Waals surface area (Å²) in [5.41, 5.74) is 5.90. The van der Waals surface area contributed by atoms with Crippen LogP contribution in [-0.4, -0.2) is 19.6 Å². The predicted molar refractivity (Wildman–Crippen MR) is 101 cm³/mol. The van der Waals surface area contributed by atoms with Crippen LogP contribution in [0.15, 0.2) is 42.5 Å². The Kier molecular flexibility index (Phi) is 3.64. The normalized spacial score (nSPS) is 12.6. The zero-order valence-electron chi connectivity index (χ0n) is 14.9. The molecule has 5 heteroatoms. The van der Waals surface area contributed by atoms with E-state index in [-0.39, 0.29) is 6.04 Å². The summed E-state index contributed by atoms with van der Waals surface area (Å²) in [5, 5.41) is 9.29. The molecule has 0 saturated carbocycles. The Hall–Kier alpha value is -2.95. The van der Waals surface area contributed by atoms with E-state index in [1.807, 2.05) is 30.5 Å². The molecule has 126 valence electrons. The Labute approximate surface area is 146 Å². The van der Waals surface area contributed by atoms with Gasteiger partial charge in [-0.3, -0.25) is 0 Å². The molecule has 1 atom stereocenters. The molecule has 0 aliphatic rings. The number of anilines is 1. The summed E-state index contributed by atoms with van der Waals surface area (Å²) in [6.07, 6.45) is 0. The first-order valence-electron chi connectivity index (χ1n) is 8.49. The van der Waals surface area contributed by atoms with Crippen molar-refractivity contribution in [3.63, 3.8) is 0 Å². The predicted octanol–water partition coefficient (Wildman–Crippen LogP) is 4.38. The fourth-order valence-corrected chi connectivity index (χ4v) is 3.29. The van der Waals surface area contributed by atoms with Gasteiger partial charge in [0.15, 0.2) is 11.3 Å². The SMILES string of the molecule is Cc1cc(C)c2c(n1)nn1c(N[C@@H](C)c3ccccc3)cc(C)nc21. The van der Waals surface area contributed by atoms with Crippen molar-refractivity contribution in [1.82, 2.24) is 19.6 Å². The maximum atomic E-state index is 4.72. The third kappa shape index (κ3) is 2.71. The quantitative estimate of drug-likeness (QED) is 0.605. The van der Waals surface area contributed by atoms with Crippen LogP contribution in [0.1, 0.15) is 35.5 Å². The molecule has 4 rings (SSSR count). The molecule has 0 spiro atoms. The van der Waals surface area contributed by atoms with Crippen LogP contribution < -0.4 is 5.32 Å². The third-order valence-electron chi connectivity index (χ3n) is 4.46. The molecule has 3 aromatic heterocycles. The lowest BCUT2D eigenvalue weighted by Crippen LogP contribution is -2.11. The van der Waals surface area contributed by atoms with Gasteiger partial charge in [-0.05, 0) is 44.9 Å². The minimum atomic E-state index is 0.161. The van der Waals surface area contributed by atoms with E-state index in [1.165, 1.54) is 5.56 Å². The van der Waals surface area contributed by atoms with Crippen LogP contribution in [0.25, 0.3) is 16.7 Å². The van der Waals surface area contributed by atoms with Gasteiger partial charge in [0.2, 0.25) is 0 Å². The first kappa shape index (κ1) is 15.6. The van der Waals surface area contributed by atoms with Gasteiger partial charge in [0.25, 0.3) is 0 Å². The van der Waals surface area contributed by atoms with E-state index in [0.717, 1.165) is 39.4 Å². The number of rotatable bonds is 3. The van der Waals surface area contributed by atoms with Crippen molar-refractivity contribution in [3.05, 3.63) is 65.0 Å². The Morgan fingerprint density at radius 3 is 2.44 bits per heavy atom. The molecule has 3 heterocycles. The lowest BCUT2D eigenvalue weighted by Gasteiger charge is -2.16. The largest absolute Gasteiger partial charge is 0.363 e. The highest BCUT2D eigenvalue weighted by molar-refractivity contribution is 5.93. The van der Waals surface area contributed by atoms with Gasteiger partial charge in [-0.2, -0.15) is 4.52 Å². The second-order valence-electron chi connectivity index (χ2n) is 6.57. The Bertz CT molecular complexity index is 1070. The van der Waals surface area contributed by atoms with Crippen LogP contribution in [0.3, 0.4) is 0 Å². The van der Waals surface area contributed by atoms with Gasteiger partial charge in [-0.25, -0.2) is 9.97 Å². The Balaban J connectivity index is 1.88. The Morgan fingerprint density at radius 2 is 1.68 bits per heavy atom. The first-order valence-corrected chi connectivity index (χ1v) is 8.49. The van der Waals surface area contributed by atoms with Crippen LogP contribution in [0, 0.1) is 20.8 Å². The molecule has 1 N–H and O–H groups in total. The molecule has 1 aromatic carbocycles. The lowest BCUT2D eigenvalue weighted by atomic mass is 10.1. The van der Waals surface area contributed by atoms with Gasteiger partial charge in [-0.1, -0.05) is 30.3 Å². The molecular formula is C20H21N5. The second-order valence-corrected chi connectivity index (χ2v) is 6.57. The number of pyridine rings is 1. The van der Waals surface area contributed by atoms with Gasteiger partial charge < -0.3 is 5.32 Å². The zero-order valence-corrected chi connectivity index (χ0v) is 14.9. The van der Waals surface area contributed by atoms with Crippen LogP contribution in [0.2, 0.25) is 0 Å². The number of benzene rings is 1. The number of aryl methyl sites for hydroxylation is 3. The summed E-state index contributed by atoms with van der Waals surface area (Å²) in [5.74, 6) is 0.925. The number of aromatic nitrogens is 4. The third-order valence-corrected chi connectivity index (χ3v) is 4.46. The van der Waals surface area contributed by atoms with Crippen molar-refractivity contribution in [3.8, 4) is 0 Å². The molecule has 0 unspecified atom stereocenters. The summed E-state index contributed by atoms with van der Waals surface area (Å²) < 4.78 is 1.87. The van der Waals surface area contributed by atoms with E-state index >= 15 is 0 Å². The molecule has 0 radical (unpaired) electrons. The van der Waals surface area contributed by atoms with Gasteiger partial charge in [-0.15, -0.1) is 5.10 Å². The first-order chi connectivity index (χ1) is 12.0. The molecule has 25 heavy (non-hydrogen) atoms. The number of nitrogens with zero attached hydrogens (tertiary/aromatic N) is 4. The average Bonchev–Trinajstić information content (AvgIpc) is 2.94. The van der Waals surface area contributed by atoms with Crippen molar-refractivity contribution >= 4 is 22.5 Å². The molecule has 0 bridgehead atoms. The molecule has 4 aromatic rings. The number of nitrogens with one attached hydrogen (secondary N) is 1. The monoisotopic (exact) mass is 331 g/mol. The molecule has 0 saturated heterocycles. The van der Waals surface area contributed by atoms with E-state index < -0.39 is 0 Å². The van der Waals surface area contributed by atoms with Crippen molar-refractivity contribution in [2.45, 2.75) is 33.7 Å². The van der Waals surface area contributed by atoms with Gasteiger partial charge in [0.05, 0.1) is 5.39 Å². The highest BCUT2D eigenvalue weighted by Gasteiger charge is 2.15. The van der Waals surface area contributed by atoms with Crippen LogP contribution in [0.5, 0.6) is 0 Å². The van der Waals surface area contributed by atoms with E-state index in [0.29, 0.717) is 0 Å². The molecular weight excluding hydrogens is 310 g/mol. The Morgan fingerprint density at radius 1 is 0.960 bits per heavy atom. The van der Waals surface area contributed by atoms with E-state index in [4.69, 9.17) is 10.1 Å². The highest BCUT2D eigenvalue weighted by Crippen LogP contribution is 2.26. The summed E-state index contributed by atoms with van der Waals surface area (Å²) in [6, 6.07) is 14.7. The van der Waals surface area contributed by atoms with E-state index in [1.54, 1.807) is 0 Å². The minimum Gasteiger partial charge on any atom is -0.363 e. The minimum absolute atomic E-state index is 0.161. The number of fused-ring (bicyclic) bond motifs is 3. The molecule has 0 aliphatic heterocycles. The van der Waals surface area contributed by atoms with E-state index in [9.17, 15) is 0 Å². The van der Waals surface area contributed by atoms with Crippen molar-refractivity contribution < 1.29 is 0 Å². The lowest BCUT2D eigenvalue weighted by molar-refractivity contribution is 0.840. The maximum Gasteiger partial charge on any atom is 0.184 e. The average molecular weight is 331 g/mol. The number of hydrogen-bond acceptors (Lipinski definition) is 4. The van der Waals surface area contributed by atoms with Crippen molar-refractivity contribution in [2.75, 3.05) is 5.32 Å². The fourth-order valence-electron chi connectivity index (χ4n) is 3.29. The molecule has 0 amide bonds. The summed E-state index contributed by atoms with van der Waals surface area (Å²) in [6.45, 7) is 8.23. The smallest absolute Gasteiger partial charge is 0.184 e. The molecule has 5 nitrogen and oxygen atoms in total. The standard InChI is InChI=1S/C20H21N5/c1-12-10-13(2)21-19-18(12)20-22-14(3)11-17(25(20)24-19)23-15(4)16-8-6-5-7-9-16/h5-11,15,23H,1-4H3/t15-/m0/s1. The van der Waals surface area contributed by atoms with Crippen molar-refractivity contribution in [2.24, 2.45) is 0 Å². The second kappa shape index (κ2) is 5.84. The summed E-state index contributed by atoms with van der Waals surface area (Å²) >= 11 is 0. The molecule has 0 fully saturated rings. The highest BCUT2D eigenvalue weighted by atomic mass is 15.3. The maximum absolute atomic E-state index is 4.72. The van der Waals surface area contributed by atoms with E-state index in [2.05, 4.69) is 54.5 Å². The summed E-state index contributed by atoms with van der Waals surface area (Å²) in [7, 11) is 0. The van der Waals surface area contributed by atoms with Gasteiger partial charge in [0.1, 0.15) is 5.82 Å². The van der Waals surface area contributed by atoms with Crippen LogP contribution >= 0.6 is 0 Å². The summed E-state index contributed by atoms with van der Waals surface area (Å²) in [4.78, 5) is 9.30. The fraction of sp³-hybridized carbons (Fsp3) is 0.250. The van der Waals surface area contributed by atoms with Crippen molar-refractivity contribution in [1.29, 1.82) is 0 Å². The van der Waals surface area contributed by atoms with Gasteiger partial charge in [0, 0.05) is 23.5 Å². The van der Waals surface area contributed by atoms with Gasteiger partial charge >= 0.3 is 0 Å². The van der Waals surface area contributed by atoms with Crippen LogP contribution in [0.4, 0.5) is 5.82 Å². The number of hydrogen-bond donors (Lipinski definition) is 1. The topological polar surface area (TPSA) is 55.1 Å². The zero-order chi connectivity index (χ0) is 17.6. The molecule has 0 aliphatic carbocycles. The van der Waals surface area contributed by atoms with Crippen LogP contribution in [-0.2, 0) is 0 Å².